The molecule has 4 nitrogen and oxygen atoms in total. The Balaban J connectivity index is 1.91. The van der Waals surface area contributed by atoms with Crippen molar-refractivity contribution >= 4 is 21.6 Å². The molecule has 0 heterocycles. The summed E-state index contributed by atoms with van der Waals surface area (Å²) in [6.07, 6.45) is 3.26. The molecule has 6 heteroatoms. The highest BCUT2D eigenvalue weighted by Gasteiger charge is 2.00. The zero-order valence-electron chi connectivity index (χ0n) is 10.1. The Hall–Kier alpha value is -2.28. The lowest BCUT2D eigenvalue weighted by Crippen LogP contribution is -1.81. The van der Waals surface area contributed by atoms with Crippen LogP contribution in [0, 0.1) is 23.0 Å². The van der Waals surface area contributed by atoms with Crippen molar-refractivity contribution < 1.29 is 9.47 Å². The lowest BCUT2D eigenvalue weighted by Gasteiger charge is -2.02. The van der Waals surface area contributed by atoms with E-state index in [9.17, 15) is 0 Å². The summed E-state index contributed by atoms with van der Waals surface area (Å²) < 4.78 is 9.42. The number of nitriles is 2. The number of hydrogen-bond donors (Lipinski definition) is 0. The Morgan fingerprint density at radius 3 is 1.30 bits per heavy atom. The Bertz CT molecular complexity index is 583. The Labute approximate surface area is 124 Å². The van der Waals surface area contributed by atoms with E-state index in [1.165, 1.54) is 0 Å². The third-order valence-electron chi connectivity index (χ3n) is 2.21. The molecule has 20 heavy (non-hydrogen) atoms. The van der Waals surface area contributed by atoms with Gasteiger partial charge >= 0.3 is 0 Å². The van der Waals surface area contributed by atoms with Crippen molar-refractivity contribution in [2.75, 3.05) is 0 Å². The van der Waals surface area contributed by atoms with Crippen LogP contribution in [0.15, 0.2) is 58.3 Å². The average molecular weight is 300 g/mol. The molecule has 0 unspecified atom stereocenters. The van der Waals surface area contributed by atoms with Gasteiger partial charge in [-0.15, -0.1) is 10.5 Å². The predicted octanol–water partition coefficient (Wildman–Crippen LogP) is 4.21. The molecule has 0 saturated heterocycles. The smallest absolute Gasteiger partial charge is 0.292 e. The SMILES string of the molecule is N#COc1ccc(SSc2ccc(OC#N)cc2)cc1. The molecular weight excluding hydrogens is 292 g/mol. The van der Waals surface area contributed by atoms with Crippen molar-refractivity contribution in [2.45, 2.75) is 9.79 Å². The van der Waals surface area contributed by atoms with Gasteiger partial charge in [-0.3, -0.25) is 0 Å². The van der Waals surface area contributed by atoms with Crippen LogP contribution in [0.5, 0.6) is 11.5 Å². The minimum Gasteiger partial charge on any atom is -0.388 e. The van der Waals surface area contributed by atoms with E-state index in [0.29, 0.717) is 11.5 Å². The molecule has 0 aromatic heterocycles. The van der Waals surface area contributed by atoms with Crippen LogP contribution < -0.4 is 9.47 Å². The van der Waals surface area contributed by atoms with Crippen molar-refractivity contribution in [1.29, 1.82) is 10.5 Å². The van der Waals surface area contributed by atoms with Crippen LogP contribution >= 0.6 is 21.6 Å². The monoisotopic (exact) mass is 300 g/mol. The van der Waals surface area contributed by atoms with Crippen LogP contribution in [0.25, 0.3) is 0 Å². The first kappa shape index (κ1) is 14.1. The molecule has 98 valence electrons. The molecule has 0 aliphatic heterocycles. The molecule has 0 bridgehead atoms. The van der Waals surface area contributed by atoms with Gasteiger partial charge < -0.3 is 9.47 Å². The van der Waals surface area contributed by atoms with Crippen LogP contribution in [0.4, 0.5) is 0 Å². The van der Waals surface area contributed by atoms with Gasteiger partial charge in [-0.1, -0.05) is 21.6 Å². The molecule has 0 amide bonds. The Morgan fingerprint density at radius 1 is 0.650 bits per heavy atom. The highest BCUT2D eigenvalue weighted by atomic mass is 33.1. The summed E-state index contributed by atoms with van der Waals surface area (Å²) in [5.74, 6) is 1.06. The predicted molar refractivity (Wildman–Crippen MR) is 77.1 cm³/mol. The summed E-state index contributed by atoms with van der Waals surface area (Å²) in [4.78, 5) is 2.11. The van der Waals surface area contributed by atoms with E-state index in [4.69, 9.17) is 20.0 Å². The molecule has 0 radical (unpaired) electrons. The topological polar surface area (TPSA) is 66.0 Å². The van der Waals surface area contributed by atoms with Crippen molar-refractivity contribution in [3.8, 4) is 24.0 Å². The molecule has 2 aromatic carbocycles. The van der Waals surface area contributed by atoms with Crippen LogP contribution in [0.2, 0.25) is 0 Å². The van der Waals surface area contributed by atoms with Gasteiger partial charge in [0.1, 0.15) is 11.5 Å². The summed E-state index contributed by atoms with van der Waals surface area (Å²) in [7, 11) is 3.18. The maximum absolute atomic E-state index is 8.39. The molecule has 0 fully saturated rings. The largest absolute Gasteiger partial charge is 0.388 e. The quantitative estimate of drug-likeness (QED) is 0.609. The van der Waals surface area contributed by atoms with Gasteiger partial charge in [0.15, 0.2) is 0 Å². The van der Waals surface area contributed by atoms with Crippen LogP contribution in [0.3, 0.4) is 0 Å². The molecule has 2 aromatic rings. The van der Waals surface area contributed by atoms with E-state index in [1.807, 2.05) is 24.3 Å². The Morgan fingerprint density at radius 2 is 1.00 bits per heavy atom. The summed E-state index contributed by atoms with van der Waals surface area (Å²) in [6, 6.07) is 14.5. The molecule has 0 aliphatic carbocycles. The first-order chi connectivity index (χ1) is 9.81. The second kappa shape index (κ2) is 7.34. The van der Waals surface area contributed by atoms with Crippen molar-refractivity contribution in [1.82, 2.24) is 0 Å². The summed E-state index contributed by atoms with van der Waals surface area (Å²) in [6.45, 7) is 0. The number of benzene rings is 2. The highest BCUT2D eigenvalue weighted by Crippen LogP contribution is 2.38. The number of rotatable bonds is 5. The van der Waals surface area contributed by atoms with Crippen LogP contribution in [-0.4, -0.2) is 0 Å². The van der Waals surface area contributed by atoms with E-state index in [1.54, 1.807) is 58.4 Å². The first-order valence-corrected chi connectivity index (χ1v) is 7.63. The highest BCUT2D eigenvalue weighted by molar-refractivity contribution is 8.76. The number of nitrogens with zero attached hydrogens (tertiary/aromatic N) is 2. The lowest BCUT2D eigenvalue weighted by atomic mass is 10.3. The third-order valence-corrected chi connectivity index (χ3v) is 4.63. The van der Waals surface area contributed by atoms with E-state index in [2.05, 4.69) is 0 Å². The van der Waals surface area contributed by atoms with E-state index in [-0.39, 0.29) is 0 Å². The van der Waals surface area contributed by atoms with E-state index >= 15 is 0 Å². The second-order valence-electron chi connectivity index (χ2n) is 3.50. The zero-order valence-corrected chi connectivity index (χ0v) is 11.8. The first-order valence-electron chi connectivity index (χ1n) is 5.48. The molecule has 2 rings (SSSR count). The summed E-state index contributed by atoms with van der Waals surface area (Å²) in [5.41, 5.74) is 0. The summed E-state index contributed by atoms with van der Waals surface area (Å²) in [5, 5.41) is 16.8. The van der Waals surface area contributed by atoms with Gasteiger partial charge in [0.05, 0.1) is 0 Å². The summed E-state index contributed by atoms with van der Waals surface area (Å²) >= 11 is 0. The molecule has 0 atom stereocenters. The minimum absolute atomic E-state index is 0.528. The van der Waals surface area contributed by atoms with E-state index in [0.717, 1.165) is 9.79 Å². The fourth-order valence-electron chi connectivity index (χ4n) is 1.33. The molecule has 0 spiro atoms. The fraction of sp³-hybridized carbons (Fsp3) is 0. The van der Waals surface area contributed by atoms with Crippen LogP contribution in [0.1, 0.15) is 0 Å². The number of hydrogen-bond acceptors (Lipinski definition) is 6. The van der Waals surface area contributed by atoms with Crippen molar-refractivity contribution in [3.63, 3.8) is 0 Å². The maximum atomic E-state index is 8.39. The van der Waals surface area contributed by atoms with Crippen molar-refractivity contribution in [2.24, 2.45) is 0 Å². The molecule has 0 N–H and O–H groups in total. The average Bonchev–Trinajstić information content (AvgIpc) is 2.49. The minimum atomic E-state index is 0.528. The third kappa shape index (κ3) is 4.13. The van der Waals surface area contributed by atoms with Gasteiger partial charge in [-0.2, -0.15) is 0 Å². The maximum Gasteiger partial charge on any atom is 0.292 e. The van der Waals surface area contributed by atoms with Gasteiger partial charge in [0.2, 0.25) is 0 Å². The fourth-order valence-corrected chi connectivity index (χ4v) is 3.26. The molecular formula is C14H8N2O2S2. The zero-order chi connectivity index (χ0) is 14.2. The standard InChI is InChI=1S/C14H8N2O2S2/c15-9-17-11-1-5-13(6-2-11)19-20-14-7-3-12(4-8-14)18-10-16/h1-8H. The molecule has 0 aliphatic rings. The number of ether oxygens (including phenoxy) is 2. The van der Waals surface area contributed by atoms with Gasteiger partial charge in [-0.25, -0.2) is 0 Å². The van der Waals surface area contributed by atoms with Gasteiger partial charge in [-0.05, 0) is 48.5 Å². The Kier molecular flexibility index (Phi) is 5.19. The van der Waals surface area contributed by atoms with Crippen molar-refractivity contribution in [3.05, 3.63) is 48.5 Å². The normalized spacial score (nSPS) is 9.30. The second-order valence-corrected chi connectivity index (χ2v) is 5.77. The lowest BCUT2D eigenvalue weighted by molar-refractivity contribution is 0.506. The van der Waals surface area contributed by atoms with Gasteiger partial charge in [0, 0.05) is 9.79 Å². The molecule has 0 saturated carbocycles. The van der Waals surface area contributed by atoms with Crippen LogP contribution in [-0.2, 0) is 0 Å². The van der Waals surface area contributed by atoms with Gasteiger partial charge in [0.25, 0.3) is 12.5 Å². The van der Waals surface area contributed by atoms with E-state index < -0.39 is 0 Å².